The molecule has 0 spiro atoms. The summed E-state index contributed by atoms with van der Waals surface area (Å²) in [6.07, 6.45) is 0.162. The Labute approximate surface area is 140 Å². The van der Waals surface area contributed by atoms with E-state index >= 15 is 0 Å². The van der Waals surface area contributed by atoms with Crippen LogP contribution in [0.15, 0.2) is 36.4 Å². The lowest BCUT2D eigenvalue weighted by atomic mass is 10.0. The van der Waals surface area contributed by atoms with Crippen LogP contribution in [0.25, 0.3) is 0 Å². The van der Waals surface area contributed by atoms with Crippen LogP contribution in [-0.2, 0) is 6.42 Å². The topological polar surface area (TPSA) is 17.1 Å². The fourth-order valence-corrected chi connectivity index (χ4v) is 3.01. The van der Waals surface area contributed by atoms with Gasteiger partial charge in [0.2, 0.25) is 0 Å². The molecule has 19 heavy (non-hydrogen) atoms. The summed E-state index contributed by atoms with van der Waals surface area (Å²) in [7, 11) is 0. The minimum atomic E-state index is -0.0538. The second kappa shape index (κ2) is 6.44. The lowest BCUT2D eigenvalue weighted by Crippen LogP contribution is -2.06. The monoisotopic (exact) mass is 424 g/mol. The average Bonchev–Trinajstić information content (AvgIpc) is 2.37. The van der Waals surface area contributed by atoms with Gasteiger partial charge in [-0.1, -0.05) is 40.9 Å². The van der Waals surface area contributed by atoms with E-state index in [0.29, 0.717) is 26.2 Å². The summed E-state index contributed by atoms with van der Waals surface area (Å²) >= 11 is 20.2. The molecular formula is C14H8Cl3IO. The van der Waals surface area contributed by atoms with E-state index in [9.17, 15) is 4.79 Å². The number of carbonyl (C=O) groups excluding carboxylic acids is 1. The zero-order chi connectivity index (χ0) is 14.0. The molecule has 5 heteroatoms. The first-order chi connectivity index (χ1) is 8.99. The molecule has 98 valence electrons. The summed E-state index contributed by atoms with van der Waals surface area (Å²) in [5.74, 6) is -0.0538. The van der Waals surface area contributed by atoms with E-state index in [0.717, 1.165) is 3.57 Å². The Bertz CT molecular complexity index is 620. The standard InChI is InChI=1S/C14H8Cl3IO/c15-8-4-5-13(18)10(6-8)14(19)7-9-11(16)2-1-3-12(9)17/h1-6H,7H2. The highest BCUT2D eigenvalue weighted by molar-refractivity contribution is 14.1. The molecule has 0 amide bonds. The van der Waals surface area contributed by atoms with Crippen molar-refractivity contribution in [3.05, 3.63) is 66.2 Å². The van der Waals surface area contributed by atoms with E-state index in [1.807, 2.05) is 6.07 Å². The Kier molecular flexibility index (Phi) is 5.12. The van der Waals surface area contributed by atoms with E-state index in [1.54, 1.807) is 30.3 Å². The SMILES string of the molecule is O=C(Cc1c(Cl)cccc1Cl)c1cc(Cl)ccc1I. The Balaban J connectivity index is 2.34. The van der Waals surface area contributed by atoms with Gasteiger partial charge in [-0.25, -0.2) is 0 Å². The molecule has 0 saturated carbocycles. The predicted molar refractivity (Wildman–Crippen MR) is 88.7 cm³/mol. The van der Waals surface area contributed by atoms with Gasteiger partial charge in [0, 0.05) is 30.6 Å². The number of carbonyl (C=O) groups is 1. The van der Waals surface area contributed by atoms with Crippen molar-refractivity contribution in [1.82, 2.24) is 0 Å². The highest BCUT2D eigenvalue weighted by Gasteiger charge is 2.15. The average molecular weight is 425 g/mol. The van der Waals surface area contributed by atoms with Gasteiger partial charge in [-0.3, -0.25) is 4.79 Å². The van der Waals surface area contributed by atoms with Crippen LogP contribution in [0, 0.1) is 3.57 Å². The molecule has 1 nitrogen and oxygen atoms in total. The Morgan fingerprint density at radius 1 is 1.05 bits per heavy atom. The minimum Gasteiger partial charge on any atom is -0.294 e. The number of benzene rings is 2. The maximum absolute atomic E-state index is 12.3. The summed E-state index contributed by atoms with van der Waals surface area (Å²) < 4.78 is 0.857. The molecule has 0 unspecified atom stereocenters. The zero-order valence-electron chi connectivity index (χ0n) is 9.59. The Hall–Kier alpha value is -0.290. The highest BCUT2D eigenvalue weighted by Crippen LogP contribution is 2.27. The first kappa shape index (κ1) is 15.1. The fourth-order valence-electron chi connectivity index (χ4n) is 1.67. The largest absolute Gasteiger partial charge is 0.294 e. The van der Waals surface area contributed by atoms with Gasteiger partial charge in [-0.2, -0.15) is 0 Å². The molecule has 2 rings (SSSR count). The Morgan fingerprint density at radius 2 is 1.68 bits per heavy atom. The van der Waals surface area contributed by atoms with Crippen molar-refractivity contribution in [2.24, 2.45) is 0 Å². The summed E-state index contributed by atoms with van der Waals surface area (Å²) in [5.41, 5.74) is 1.23. The van der Waals surface area contributed by atoms with Crippen molar-refractivity contribution in [2.45, 2.75) is 6.42 Å². The van der Waals surface area contributed by atoms with Gasteiger partial charge in [-0.15, -0.1) is 0 Å². The third-order valence-electron chi connectivity index (χ3n) is 2.63. The number of hydrogen-bond acceptors (Lipinski definition) is 1. The highest BCUT2D eigenvalue weighted by atomic mass is 127. The van der Waals surface area contributed by atoms with Crippen molar-refractivity contribution in [2.75, 3.05) is 0 Å². The molecule has 0 aliphatic heterocycles. The summed E-state index contributed by atoms with van der Waals surface area (Å²) in [6.45, 7) is 0. The van der Waals surface area contributed by atoms with Crippen LogP contribution < -0.4 is 0 Å². The van der Waals surface area contributed by atoms with Gasteiger partial charge in [0.25, 0.3) is 0 Å². The number of Topliss-reactive ketones (excluding diaryl/α,β-unsaturated/α-hetero) is 1. The van der Waals surface area contributed by atoms with Crippen LogP contribution in [0.2, 0.25) is 15.1 Å². The summed E-state index contributed by atoms with van der Waals surface area (Å²) in [4.78, 5) is 12.3. The van der Waals surface area contributed by atoms with Crippen molar-refractivity contribution in [3.63, 3.8) is 0 Å². The summed E-state index contributed by atoms with van der Waals surface area (Å²) in [5, 5.41) is 1.53. The van der Waals surface area contributed by atoms with Crippen molar-refractivity contribution >= 4 is 63.2 Å². The predicted octanol–water partition coefficient (Wildman–Crippen LogP) is 5.68. The molecule has 0 aliphatic rings. The van der Waals surface area contributed by atoms with E-state index in [2.05, 4.69) is 22.6 Å². The minimum absolute atomic E-state index is 0.0538. The maximum Gasteiger partial charge on any atom is 0.168 e. The van der Waals surface area contributed by atoms with Gasteiger partial charge in [-0.05, 0) is 58.5 Å². The van der Waals surface area contributed by atoms with Gasteiger partial charge < -0.3 is 0 Å². The lowest BCUT2D eigenvalue weighted by molar-refractivity contribution is 0.0992. The fraction of sp³-hybridized carbons (Fsp3) is 0.0714. The molecule has 0 aromatic heterocycles. The van der Waals surface area contributed by atoms with E-state index in [-0.39, 0.29) is 12.2 Å². The zero-order valence-corrected chi connectivity index (χ0v) is 14.0. The van der Waals surface area contributed by atoms with Crippen LogP contribution in [0.1, 0.15) is 15.9 Å². The molecule has 0 atom stereocenters. The normalized spacial score (nSPS) is 10.5. The van der Waals surface area contributed by atoms with Crippen LogP contribution in [0.4, 0.5) is 0 Å². The van der Waals surface area contributed by atoms with Crippen molar-refractivity contribution < 1.29 is 4.79 Å². The molecule has 2 aromatic rings. The molecule has 0 heterocycles. The number of rotatable bonds is 3. The molecule has 0 bridgehead atoms. The number of halogens is 4. The first-order valence-corrected chi connectivity index (χ1v) is 7.61. The smallest absolute Gasteiger partial charge is 0.168 e. The van der Waals surface area contributed by atoms with Gasteiger partial charge >= 0.3 is 0 Å². The molecule has 0 saturated heterocycles. The van der Waals surface area contributed by atoms with Crippen molar-refractivity contribution in [3.8, 4) is 0 Å². The lowest BCUT2D eigenvalue weighted by Gasteiger charge is -2.08. The second-order valence-corrected chi connectivity index (χ2v) is 6.34. The van der Waals surface area contributed by atoms with Crippen LogP contribution >= 0.6 is 57.4 Å². The number of hydrogen-bond donors (Lipinski definition) is 0. The third kappa shape index (κ3) is 3.63. The van der Waals surface area contributed by atoms with E-state index in [4.69, 9.17) is 34.8 Å². The molecular weight excluding hydrogens is 417 g/mol. The Morgan fingerprint density at radius 3 is 2.32 bits per heavy atom. The molecule has 2 aromatic carbocycles. The van der Waals surface area contributed by atoms with E-state index < -0.39 is 0 Å². The molecule has 0 N–H and O–H groups in total. The molecule has 0 radical (unpaired) electrons. The molecule has 0 fully saturated rings. The number of ketones is 1. The first-order valence-electron chi connectivity index (χ1n) is 5.40. The third-order valence-corrected chi connectivity index (χ3v) is 4.51. The van der Waals surface area contributed by atoms with Crippen molar-refractivity contribution in [1.29, 1.82) is 0 Å². The van der Waals surface area contributed by atoms with Gasteiger partial charge in [0.05, 0.1) is 0 Å². The second-order valence-electron chi connectivity index (χ2n) is 3.92. The van der Waals surface area contributed by atoms with Crippen LogP contribution in [-0.4, -0.2) is 5.78 Å². The molecule has 0 aliphatic carbocycles. The quantitative estimate of drug-likeness (QED) is 0.457. The van der Waals surface area contributed by atoms with E-state index in [1.165, 1.54) is 0 Å². The van der Waals surface area contributed by atoms with Crippen LogP contribution in [0.3, 0.4) is 0 Å². The van der Waals surface area contributed by atoms with Gasteiger partial charge in [0.1, 0.15) is 0 Å². The summed E-state index contributed by atoms with van der Waals surface area (Å²) in [6, 6.07) is 10.4. The van der Waals surface area contributed by atoms with Crippen LogP contribution in [0.5, 0.6) is 0 Å². The maximum atomic E-state index is 12.3. The van der Waals surface area contributed by atoms with Gasteiger partial charge in [0.15, 0.2) is 5.78 Å².